The van der Waals surface area contributed by atoms with Crippen LogP contribution in [0.5, 0.6) is 0 Å². The van der Waals surface area contributed by atoms with Crippen molar-refractivity contribution in [2.24, 2.45) is 0 Å². The molecule has 0 saturated heterocycles. The van der Waals surface area contributed by atoms with Crippen molar-refractivity contribution in [3.05, 3.63) is 51.5 Å². The molecule has 0 aliphatic carbocycles. The summed E-state index contributed by atoms with van der Waals surface area (Å²) < 4.78 is 13.0. The van der Waals surface area contributed by atoms with Gasteiger partial charge in [0.05, 0.1) is 0 Å². The van der Waals surface area contributed by atoms with Crippen molar-refractivity contribution in [3.8, 4) is 0 Å². The summed E-state index contributed by atoms with van der Waals surface area (Å²) in [6.07, 6.45) is 0. The van der Waals surface area contributed by atoms with E-state index < -0.39 is 0 Å². The summed E-state index contributed by atoms with van der Waals surface area (Å²) in [6.45, 7) is 4.66. The molecule has 0 saturated carbocycles. The Bertz CT molecular complexity index is 490. The van der Waals surface area contributed by atoms with Gasteiger partial charge in [0, 0.05) is 22.0 Å². The minimum atomic E-state index is -0.155. The predicted molar refractivity (Wildman–Crippen MR) is 67.5 cm³/mol. The van der Waals surface area contributed by atoms with Gasteiger partial charge in [-0.25, -0.2) is 4.39 Å². The zero-order valence-corrected chi connectivity index (χ0v) is 10.2. The molecule has 0 spiro atoms. The standard InChI is InChI=1S/C13H14FNS/c1-9-7-11(4-6-13(9)14)15-8-12-5-3-10(2)16-12/h3-7,15H,8H2,1-2H3. The van der Waals surface area contributed by atoms with Crippen molar-refractivity contribution in [2.45, 2.75) is 20.4 Å². The molecule has 0 aliphatic rings. The summed E-state index contributed by atoms with van der Waals surface area (Å²) in [5.41, 5.74) is 1.64. The fourth-order valence-electron chi connectivity index (χ4n) is 1.52. The summed E-state index contributed by atoms with van der Waals surface area (Å²) in [4.78, 5) is 2.60. The second-order valence-corrected chi connectivity index (χ2v) is 5.20. The van der Waals surface area contributed by atoms with Crippen LogP contribution in [0, 0.1) is 19.7 Å². The van der Waals surface area contributed by atoms with Gasteiger partial charge >= 0.3 is 0 Å². The zero-order valence-electron chi connectivity index (χ0n) is 9.38. The molecule has 0 amide bonds. The molecule has 1 aromatic carbocycles. The second kappa shape index (κ2) is 4.66. The maximum atomic E-state index is 13.0. The van der Waals surface area contributed by atoms with E-state index in [0.717, 1.165) is 12.2 Å². The molecular weight excluding hydrogens is 221 g/mol. The lowest BCUT2D eigenvalue weighted by atomic mass is 10.2. The fourth-order valence-corrected chi connectivity index (χ4v) is 2.35. The molecule has 1 aromatic heterocycles. The van der Waals surface area contributed by atoms with Crippen molar-refractivity contribution in [1.82, 2.24) is 0 Å². The molecule has 0 bridgehead atoms. The highest BCUT2D eigenvalue weighted by Crippen LogP contribution is 2.18. The van der Waals surface area contributed by atoms with E-state index in [1.807, 2.05) is 6.07 Å². The van der Waals surface area contributed by atoms with E-state index in [-0.39, 0.29) is 5.82 Å². The van der Waals surface area contributed by atoms with Gasteiger partial charge in [-0.2, -0.15) is 0 Å². The summed E-state index contributed by atoms with van der Waals surface area (Å²) in [5, 5.41) is 3.29. The summed E-state index contributed by atoms with van der Waals surface area (Å²) in [6, 6.07) is 9.32. The molecule has 0 aliphatic heterocycles. The second-order valence-electron chi connectivity index (χ2n) is 3.83. The molecular formula is C13H14FNS. The van der Waals surface area contributed by atoms with Gasteiger partial charge in [-0.05, 0) is 49.7 Å². The number of rotatable bonds is 3. The number of halogens is 1. The first-order chi connectivity index (χ1) is 7.65. The van der Waals surface area contributed by atoms with Gasteiger partial charge < -0.3 is 5.32 Å². The average Bonchev–Trinajstić information content (AvgIpc) is 2.66. The Kier molecular flexibility index (Phi) is 3.25. The molecule has 84 valence electrons. The largest absolute Gasteiger partial charge is 0.380 e. The van der Waals surface area contributed by atoms with E-state index in [0.29, 0.717) is 5.56 Å². The fraction of sp³-hybridized carbons (Fsp3) is 0.231. The number of benzene rings is 1. The van der Waals surface area contributed by atoms with Crippen LogP contribution in [-0.2, 0) is 6.54 Å². The number of nitrogens with one attached hydrogen (secondary N) is 1. The minimum absolute atomic E-state index is 0.155. The monoisotopic (exact) mass is 235 g/mol. The van der Waals surface area contributed by atoms with Crippen molar-refractivity contribution in [3.63, 3.8) is 0 Å². The van der Waals surface area contributed by atoms with Crippen molar-refractivity contribution in [2.75, 3.05) is 5.32 Å². The zero-order chi connectivity index (χ0) is 11.5. The molecule has 0 atom stereocenters. The van der Waals surface area contributed by atoms with E-state index in [9.17, 15) is 4.39 Å². The molecule has 16 heavy (non-hydrogen) atoms. The van der Waals surface area contributed by atoms with Gasteiger partial charge in [0.25, 0.3) is 0 Å². The van der Waals surface area contributed by atoms with Crippen molar-refractivity contribution < 1.29 is 4.39 Å². The van der Waals surface area contributed by atoms with Gasteiger partial charge in [0.15, 0.2) is 0 Å². The molecule has 1 heterocycles. The minimum Gasteiger partial charge on any atom is -0.380 e. The van der Waals surface area contributed by atoms with Crippen molar-refractivity contribution in [1.29, 1.82) is 0 Å². The quantitative estimate of drug-likeness (QED) is 0.844. The van der Waals surface area contributed by atoms with Gasteiger partial charge in [0.2, 0.25) is 0 Å². The summed E-state index contributed by atoms with van der Waals surface area (Å²) in [5.74, 6) is -0.155. The lowest BCUT2D eigenvalue weighted by Gasteiger charge is -2.06. The van der Waals surface area contributed by atoms with Gasteiger partial charge in [-0.1, -0.05) is 0 Å². The van der Waals surface area contributed by atoms with Crippen LogP contribution in [0.25, 0.3) is 0 Å². The Hall–Kier alpha value is -1.35. The smallest absolute Gasteiger partial charge is 0.126 e. The third-order valence-electron chi connectivity index (χ3n) is 2.42. The maximum absolute atomic E-state index is 13.0. The Labute approximate surface area is 98.9 Å². The Morgan fingerprint density at radius 2 is 2.00 bits per heavy atom. The van der Waals surface area contributed by atoms with E-state index in [4.69, 9.17) is 0 Å². The molecule has 3 heteroatoms. The number of aryl methyl sites for hydroxylation is 2. The average molecular weight is 235 g/mol. The highest BCUT2D eigenvalue weighted by atomic mass is 32.1. The molecule has 2 aromatic rings. The number of anilines is 1. The Morgan fingerprint density at radius 3 is 2.62 bits per heavy atom. The van der Waals surface area contributed by atoms with Crippen LogP contribution in [0.1, 0.15) is 15.3 Å². The van der Waals surface area contributed by atoms with Gasteiger partial charge in [-0.3, -0.25) is 0 Å². The maximum Gasteiger partial charge on any atom is 0.126 e. The summed E-state index contributed by atoms with van der Waals surface area (Å²) in [7, 11) is 0. The summed E-state index contributed by atoms with van der Waals surface area (Å²) >= 11 is 1.78. The van der Waals surface area contributed by atoms with Crippen LogP contribution < -0.4 is 5.32 Å². The van der Waals surface area contributed by atoms with Crippen LogP contribution in [0.15, 0.2) is 30.3 Å². The van der Waals surface area contributed by atoms with Crippen LogP contribution in [-0.4, -0.2) is 0 Å². The lowest BCUT2D eigenvalue weighted by Crippen LogP contribution is -1.98. The molecule has 1 nitrogen and oxygen atoms in total. The third-order valence-corrected chi connectivity index (χ3v) is 3.42. The van der Waals surface area contributed by atoms with E-state index in [2.05, 4.69) is 24.4 Å². The SMILES string of the molecule is Cc1ccc(CNc2ccc(F)c(C)c2)s1. The number of hydrogen-bond donors (Lipinski definition) is 1. The normalized spacial score (nSPS) is 10.4. The van der Waals surface area contributed by atoms with Gasteiger partial charge in [0.1, 0.15) is 5.82 Å². The van der Waals surface area contributed by atoms with Gasteiger partial charge in [-0.15, -0.1) is 11.3 Å². The van der Waals surface area contributed by atoms with Crippen molar-refractivity contribution >= 4 is 17.0 Å². The van der Waals surface area contributed by atoms with E-state index >= 15 is 0 Å². The molecule has 1 N–H and O–H groups in total. The van der Waals surface area contributed by atoms with E-state index in [1.165, 1.54) is 15.8 Å². The first kappa shape index (κ1) is 11.1. The highest BCUT2D eigenvalue weighted by Gasteiger charge is 2.00. The predicted octanol–water partition coefficient (Wildman–Crippen LogP) is 4.12. The molecule has 0 radical (unpaired) electrons. The molecule has 2 rings (SSSR count). The molecule has 0 fully saturated rings. The van der Waals surface area contributed by atoms with Crippen LogP contribution in [0.2, 0.25) is 0 Å². The first-order valence-corrected chi connectivity index (χ1v) is 6.02. The number of thiophene rings is 1. The van der Waals surface area contributed by atoms with Crippen LogP contribution in [0.3, 0.4) is 0 Å². The third kappa shape index (κ3) is 2.61. The Balaban J connectivity index is 2.02. The lowest BCUT2D eigenvalue weighted by molar-refractivity contribution is 0.618. The molecule has 0 unspecified atom stereocenters. The number of hydrogen-bond acceptors (Lipinski definition) is 2. The van der Waals surface area contributed by atoms with E-state index in [1.54, 1.807) is 24.3 Å². The topological polar surface area (TPSA) is 12.0 Å². The first-order valence-electron chi connectivity index (χ1n) is 5.20. The van der Waals surface area contributed by atoms with Crippen LogP contribution in [0.4, 0.5) is 10.1 Å². The Morgan fingerprint density at radius 1 is 1.19 bits per heavy atom. The highest BCUT2D eigenvalue weighted by molar-refractivity contribution is 7.11. The van der Waals surface area contributed by atoms with Crippen LogP contribution >= 0.6 is 11.3 Å².